The van der Waals surface area contributed by atoms with E-state index in [1.165, 1.54) is 38.2 Å². The van der Waals surface area contributed by atoms with E-state index in [-0.39, 0.29) is 0 Å². The maximum atomic E-state index is 5.62. The van der Waals surface area contributed by atoms with Crippen LogP contribution >= 0.6 is 0 Å². The van der Waals surface area contributed by atoms with E-state index in [0.29, 0.717) is 0 Å². The Balaban J connectivity index is 0.940. The number of imidazole rings is 1. The molecule has 3 aromatic heterocycles. The van der Waals surface area contributed by atoms with E-state index in [0.717, 1.165) is 100 Å². The number of fused-ring (bicyclic) bond motifs is 6. The van der Waals surface area contributed by atoms with Crippen LogP contribution in [-0.2, 0) is 0 Å². The molecule has 0 amide bonds. The largest absolute Gasteiger partial charge is 0.292 e. The summed E-state index contributed by atoms with van der Waals surface area (Å²) >= 11 is 0. The van der Waals surface area contributed by atoms with Gasteiger partial charge in [0.15, 0.2) is 0 Å². The predicted molar refractivity (Wildman–Crippen MR) is 305 cm³/mol. The summed E-state index contributed by atoms with van der Waals surface area (Å²) in [7, 11) is 0. The highest BCUT2D eigenvalue weighted by Gasteiger charge is 2.21. The van der Waals surface area contributed by atoms with Crippen LogP contribution in [0, 0.1) is 0 Å². The Morgan fingerprint density at radius 1 is 0.260 bits per heavy atom. The van der Waals surface area contributed by atoms with Gasteiger partial charge in [0.05, 0.1) is 33.5 Å². The van der Waals surface area contributed by atoms with E-state index in [4.69, 9.17) is 15.0 Å². The molecule has 0 saturated carbocycles. The fourth-order valence-electron chi connectivity index (χ4n) is 11.0. The van der Waals surface area contributed by atoms with Crippen molar-refractivity contribution in [2.24, 2.45) is 0 Å². The highest BCUT2D eigenvalue weighted by Crippen LogP contribution is 2.45. The molecular weight excluding hydrogens is 885 g/mol. The third-order valence-corrected chi connectivity index (χ3v) is 14.4. The quantitative estimate of drug-likeness (QED) is 0.113. The SMILES string of the molecule is c1ccc(-c2c3ccccc3c(-c3ccc(-c4cc(-c5ccccc5)c5ccc6c(-c7ccccc7)cc(-c7ccc(-c8nc9ccccc9n8-c8ccccc8)cc7)nc6c5n4)cc3)c3ccccc23)cc1. The molecule has 14 rings (SSSR count). The van der Waals surface area contributed by atoms with Crippen LogP contribution in [0.15, 0.2) is 267 Å². The smallest absolute Gasteiger partial charge is 0.145 e. The number of hydrogen-bond donors (Lipinski definition) is 0. The van der Waals surface area contributed by atoms with Gasteiger partial charge in [0.25, 0.3) is 0 Å². The van der Waals surface area contributed by atoms with Gasteiger partial charge >= 0.3 is 0 Å². The number of pyridine rings is 2. The Hall–Kier alpha value is -9.77. The molecule has 0 spiro atoms. The van der Waals surface area contributed by atoms with Crippen LogP contribution in [0.25, 0.3) is 138 Å². The minimum Gasteiger partial charge on any atom is -0.292 e. The first kappa shape index (κ1) is 42.1. The average Bonchev–Trinajstić information content (AvgIpc) is 3.87. The van der Waals surface area contributed by atoms with E-state index in [1.807, 2.05) is 12.1 Å². The molecule has 4 nitrogen and oxygen atoms in total. The molecule has 0 aliphatic rings. The molecule has 4 heteroatoms. The third kappa shape index (κ3) is 7.27. The maximum absolute atomic E-state index is 5.62. The molecule has 11 aromatic carbocycles. The summed E-state index contributed by atoms with van der Waals surface area (Å²) in [4.78, 5) is 16.4. The lowest BCUT2D eigenvalue weighted by molar-refractivity contribution is 1.10. The Kier molecular flexibility index (Phi) is 10.1. The number of hydrogen-bond acceptors (Lipinski definition) is 3. The molecule has 0 aliphatic carbocycles. The molecule has 0 fully saturated rings. The molecular formula is C69H44N4. The first-order chi connectivity index (χ1) is 36.2. The van der Waals surface area contributed by atoms with Crippen LogP contribution in [0.3, 0.4) is 0 Å². The molecule has 0 bridgehead atoms. The second kappa shape index (κ2) is 17.6. The van der Waals surface area contributed by atoms with Crippen molar-refractivity contribution in [3.63, 3.8) is 0 Å². The van der Waals surface area contributed by atoms with Crippen molar-refractivity contribution in [1.29, 1.82) is 0 Å². The second-order valence-electron chi connectivity index (χ2n) is 18.7. The second-order valence-corrected chi connectivity index (χ2v) is 18.7. The third-order valence-electron chi connectivity index (χ3n) is 14.4. The number of rotatable bonds is 8. The van der Waals surface area contributed by atoms with E-state index in [9.17, 15) is 0 Å². The summed E-state index contributed by atoms with van der Waals surface area (Å²) in [6.45, 7) is 0. The Bertz CT molecular complexity index is 4320. The topological polar surface area (TPSA) is 43.6 Å². The van der Waals surface area contributed by atoms with Crippen LogP contribution in [0.1, 0.15) is 0 Å². The monoisotopic (exact) mass is 928 g/mol. The normalized spacial score (nSPS) is 11.6. The number of nitrogens with zero attached hydrogens (tertiary/aromatic N) is 4. The molecule has 0 N–H and O–H groups in total. The lowest BCUT2D eigenvalue weighted by Gasteiger charge is -2.18. The zero-order chi connectivity index (χ0) is 48.2. The number of para-hydroxylation sites is 3. The predicted octanol–water partition coefficient (Wildman–Crippen LogP) is 18.1. The minimum atomic E-state index is 0.857. The van der Waals surface area contributed by atoms with Crippen LogP contribution in [-0.4, -0.2) is 19.5 Å². The molecule has 14 aromatic rings. The van der Waals surface area contributed by atoms with Crippen LogP contribution in [0.5, 0.6) is 0 Å². The molecule has 0 aliphatic heterocycles. The van der Waals surface area contributed by atoms with Crippen molar-refractivity contribution >= 4 is 54.4 Å². The fourth-order valence-corrected chi connectivity index (χ4v) is 11.0. The van der Waals surface area contributed by atoms with Crippen molar-refractivity contribution in [1.82, 2.24) is 19.5 Å². The van der Waals surface area contributed by atoms with Gasteiger partial charge in [-0.25, -0.2) is 15.0 Å². The molecule has 0 atom stereocenters. The lowest BCUT2D eigenvalue weighted by Crippen LogP contribution is -1.97. The van der Waals surface area contributed by atoms with E-state index < -0.39 is 0 Å². The zero-order valence-corrected chi connectivity index (χ0v) is 39.7. The summed E-state index contributed by atoms with van der Waals surface area (Å²) in [5.41, 5.74) is 19.0. The molecule has 0 radical (unpaired) electrons. The van der Waals surface area contributed by atoms with Crippen LogP contribution < -0.4 is 0 Å². The van der Waals surface area contributed by atoms with Gasteiger partial charge in [0.1, 0.15) is 5.82 Å². The van der Waals surface area contributed by atoms with Gasteiger partial charge in [-0.05, 0) is 102 Å². The number of benzene rings is 11. The van der Waals surface area contributed by atoms with Gasteiger partial charge in [-0.1, -0.05) is 231 Å². The average molecular weight is 929 g/mol. The molecule has 0 unspecified atom stereocenters. The van der Waals surface area contributed by atoms with Gasteiger partial charge in [-0.3, -0.25) is 4.57 Å². The van der Waals surface area contributed by atoms with Gasteiger partial charge in [0.2, 0.25) is 0 Å². The van der Waals surface area contributed by atoms with Gasteiger partial charge in [0, 0.05) is 33.2 Å². The summed E-state index contributed by atoms with van der Waals surface area (Å²) in [5, 5.41) is 7.04. The van der Waals surface area contributed by atoms with E-state index in [2.05, 4.69) is 259 Å². The van der Waals surface area contributed by atoms with Crippen molar-refractivity contribution in [2.75, 3.05) is 0 Å². The Labute approximate surface area is 422 Å². The number of aromatic nitrogens is 4. The van der Waals surface area contributed by atoms with Crippen molar-refractivity contribution in [3.05, 3.63) is 267 Å². The standard InChI is InChI=1S/C69H44N4/c1-5-19-45(20-6-1)59-43-62(47-33-37-50(38-34-47)66-55-29-15-13-27-53(55)65(49-23-9-3-10-24-49)54-28-14-16-30-56(54)66)70-67-57(59)41-42-58-60(46-21-7-2-8-22-46)44-63(71-68(58)67)48-35-39-51(40-36-48)69-72-61-31-17-18-32-64(61)73(69)52-25-11-4-12-26-52/h1-44H. The molecule has 340 valence electrons. The molecule has 3 heterocycles. The summed E-state index contributed by atoms with van der Waals surface area (Å²) < 4.78 is 2.24. The van der Waals surface area contributed by atoms with E-state index >= 15 is 0 Å². The highest BCUT2D eigenvalue weighted by atomic mass is 15.1. The summed E-state index contributed by atoms with van der Waals surface area (Å²) in [6, 6.07) is 95.2. The first-order valence-corrected chi connectivity index (χ1v) is 24.8. The van der Waals surface area contributed by atoms with Crippen LogP contribution in [0.2, 0.25) is 0 Å². The van der Waals surface area contributed by atoms with Gasteiger partial charge < -0.3 is 0 Å². The van der Waals surface area contributed by atoms with E-state index in [1.54, 1.807) is 0 Å². The lowest BCUT2D eigenvalue weighted by atomic mass is 9.86. The highest BCUT2D eigenvalue weighted by molar-refractivity contribution is 6.21. The minimum absolute atomic E-state index is 0.857. The summed E-state index contributed by atoms with van der Waals surface area (Å²) in [6.07, 6.45) is 0. The van der Waals surface area contributed by atoms with Gasteiger partial charge in [-0.2, -0.15) is 0 Å². The molecule has 73 heavy (non-hydrogen) atoms. The Morgan fingerprint density at radius 3 is 1.11 bits per heavy atom. The van der Waals surface area contributed by atoms with Crippen molar-refractivity contribution < 1.29 is 0 Å². The fraction of sp³-hybridized carbons (Fsp3) is 0. The van der Waals surface area contributed by atoms with Crippen LogP contribution in [0.4, 0.5) is 0 Å². The summed E-state index contributed by atoms with van der Waals surface area (Å²) in [5.74, 6) is 0.891. The van der Waals surface area contributed by atoms with Gasteiger partial charge in [-0.15, -0.1) is 0 Å². The first-order valence-electron chi connectivity index (χ1n) is 24.8. The van der Waals surface area contributed by atoms with Crippen molar-refractivity contribution in [3.8, 4) is 84.1 Å². The Morgan fingerprint density at radius 2 is 0.630 bits per heavy atom. The molecule has 0 saturated heterocycles. The van der Waals surface area contributed by atoms with Crippen molar-refractivity contribution in [2.45, 2.75) is 0 Å². The maximum Gasteiger partial charge on any atom is 0.145 e. The zero-order valence-electron chi connectivity index (χ0n) is 39.7.